The van der Waals surface area contributed by atoms with Crippen molar-refractivity contribution >= 4 is 11.3 Å². The molecule has 1 N–H and O–H groups in total. The molecule has 2 atom stereocenters. The van der Waals surface area contributed by atoms with E-state index in [1.54, 1.807) is 33.9 Å². The first-order chi connectivity index (χ1) is 12.3. The van der Waals surface area contributed by atoms with E-state index in [-0.39, 0.29) is 17.6 Å². The molecule has 3 aromatic heterocycles. The fourth-order valence-electron chi connectivity index (χ4n) is 3.72. The summed E-state index contributed by atoms with van der Waals surface area (Å²) in [6.07, 6.45) is 8.20. The third kappa shape index (κ3) is 2.41. The van der Waals surface area contributed by atoms with Gasteiger partial charge in [-0.2, -0.15) is 10.2 Å². The van der Waals surface area contributed by atoms with Crippen LogP contribution in [0.3, 0.4) is 0 Å². The lowest BCUT2D eigenvalue weighted by Crippen LogP contribution is -2.38. The van der Waals surface area contributed by atoms with Gasteiger partial charge < -0.3 is 10.1 Å². The Hall–Kier alpha value is -2.74. The van der Waals surface area contributed by atoms with Crippen LogP contribution in [0.2, 0.25) is 0 Å². The van der Waals surface area contributed by atoms with Crippen LogP contribution < -0.4 is 10.9 Å². The Morgan fingerprint density at radius 1 is 1.24 bits per heavy atom. The van der Waals surface area contributed by atoms with Crippen molar-refractivity contribution in [2.45, 2.75) is 31.3 Å². The topological polar surface area (TPSA) is 86.3 Å². The minimum Gasteiger partial charge on any atom is -0.377 e. The summed E-state index contributed by atoms with van der Waals surface area (Å²) in [5.41, 5.74) is 2.97. The van der Waals surface area contributed by atoms with Gasteiger partial charge in [-0.05, 0) is 30.9 Å². The molecule has 3 aromatic rings. The molecular formula is C17H18N6O2. The smallest absolute Gasteiger partial charge is 0.267 e. The van der Waals surface area contributed by atoms with Crippen molar-refractivity contribution in [2.75, 3.05) is 18.5 Å². The lowest BCUT2D eigenvalue weighted by atomic mass is 10.1. The van der Waals surface area contributed by atoms with E-state index in [1.165, 1.54) is 0 Å². The van der Waals surface area contributed by atoms with Gasteiger partial charge >= 0.3 is 0 Å². The van der Waals surface area contributed by atoms with Gasteiger partial charge in [-0.1, -0.05) is 0 Å². The van der Waals surface area contributed by atoms with Gasteiger partial charge in [0.2, 0.25) is 0 Å². The molecule has 0 radical (unpaired) electrons. The van der Waals surface area contributed by atoms with Gasteiger partial charge in [-0.25, -0.2) is 14.2 Å². The second-order valence-electron chi connectivity index (χ2n) is 6.55. The lowest BCUT2D eigenvalue weighted by molar-refractivity contribution is 0.182. The second kappa shape index (κ2) is 5.66. The molecular weight excluding hydrogens is 320 g/mol. The molecule has 1 saturated heterocycles. The Morgan fingerprint density at radius 3 is 3.16 bits per heavy atom. The van der Waals surface area contributed by atoms with Crippen LogP contribution in [0.5, 0.6) is 0 Å². The molecule has 2 unspecified atom stereocenters. The summed E-state index contributed by atoms with van der Waals surface area (Å²) in [5.74, 6) is 0.731. The molecule has 25 heavy (non-hydrogen) atoms. The highest BCUT2D eigenvalue weighted by Gasteiger charge is 2.33. The number of aryl methyl sites for hydroxylation is 2. The maximum absolute atomic E-state index is 12.5. The van der Waals surface area contributed by atoms with Crippen LogP contribution in [0.15, 0.2) is 35.5 Å². The van der Waals surface area contributed by atoms with Crippen molar-refractivity contribution in [3.8, 4) is 0 Å². The van der Waals surface area contributed by atoms with E-state index < -0.39 is 0 Å². The molecule has 1 aliphatic heterocycles. The van der Waals surface area contributed by atoms with Crippen LogP contribution in [-0.2, 0) is 17.6 Å². The van der Waals surface area contributed by atoms with Crippen LogP contribution >= 0.6 is 0 Å². The molecule has 0 bridgehead atoms. The number of fused-ring (bicyclic) bond motifs is 2. The first-order valence-electron chi connectivity index (χ1n) is 8.54. The number of nitrogens with zero attached hydrogens (tertiary/aromatic N) is 5. The van der Waals surface area contributed by atoms with Gasteiger partial charge in [0.1, 0.15) is 11.6 Å². The zero-order chi connectivity index (χ0) is 16.8. The van der Waals surface area contributed by atoms with E-state index in [1.807, 2.05) is 6.07 Å². The maximum atomic E-state index is 12.5. The summed E-state index contributed by atoms with van der Waals surface area (Å²) in [4.78, 5) is 16.9. The van der Waals surface area contributed by atoms with E-state index in [0.29, 0.717) is 13.2 Å². The highest BCUT2D eigenvalue weighted by Crippen LogP contribution is 2.24. The predicted molar refractivity (Wildman–Crippen MR) is 90.8 cm³/mol. The normalized spacial score (nSPS) is 22.4. The van der Waals surface area contributed by atoms with Gasteiger partial charge in [0.15, 0.2) is 5.82 Å². The zero-order valence-electron chi connectivity index (χ0n) is 13.6. The van der Waals surface area contributed by atoms with Gasteiger partial charge in [0.05, 0.1) is 31.1 Å². The van der Waals surface area contributed by atoms with E-state index >= 15 is 0 Å². The van der Waals surface area contributed by atoms with Gasteiger partial charge in [0, 0.05) is 18.5 Å². The summed E-state index contributed by atoms with van der Waals surface area (Å²) in [6.45, 7) is 0.971. The number of nitrogens with one attached hydrogen (secondary N) is 1. The van der Waals surface area contributed by atoms with Crippen molar-refractivity contribution in [3.63, 3.8) is 0 Å². The minimum absolute atomic E-state index is 0.0570. The molecule has 1 aliphatic carbocycles. The molecule has 0 spiro atoms. The van der Waals surface area contributed by atoms with E-state index in [2.05, 4.69) is 20.5 Å². The van der Waals surface area contributed by atoms with Crippen molar-refractivity contribution < 1.29 is 4.74 Å². The van der Waals surface area contributed by atoms with Crippen LogP contribution in [0.25, 0.3) is 5.52 Å². The van der Waals surface area contributed by atoms with Crippen molar-refractivity contribution in [2.24, 2.45) is 0 Å². The third-order valence-electron chi connectivity index (χ3n) is 4.99. The molecule has 4 heterocycles. The van der Waals surface area contributed by atoms with Crippen molar-refractivity contribution in [1.29, 1.82) is 0 Å². The molecule has 0 amide bonds. The quantitative estimate of drug-likeness (QED) is 0.761. The van der Waals surface area contributed by atoms with Crippen LogP contribution in [0.4, 0.5) is 5.82 Å². The summed E-state index contributed by atoms with van der Waals surface area (Å²) in [7, 11) is 0. The molecule has 5 rings (SSSR count). The zero-order valence-corrected chi connectivity index (χ0v) is 13.6. The number of hydrogen-bond acceptors (Lipinski definition) is 6. The minimum atomic E-state index is -0.150. The van der Waals surface area contributed by atoms with E-state index in [9.17, 15) is 4.79 Å². The van der Waals surface area contributed by atoms with Crippen LogP contribution in [-0.4, -0.2) is 43.6 Å². The first-order valence-corrected chi connectivity index (χ1v) is 8.54. The van der Waals surface area contributed by atoms with E-state index in [0.717, 1.165) is 41.9 Å². The third-order valence-corrected chi connectivity index (χ3v) is 4.99. The standard InChI is InChI=1S/C17H18N6O2/c24-16-8-11-2-1-3-12(11)21-23(16)15-10-25-9-13(15)20-17-14-4-5-19-22(14)7-6-18-17/h4-8,13,15H,1-3,9-10H2,(H,18,20). The van der Waals surface area contributed by atoms with Gasteiger partial charge in [-0.3, -0.25) is 4.79 Å². The molecule has 0 saturated carbocycles. The fourth-order valence-corrected chi connectivity index (χ4v) is 3.72. The van der Waals surface area contributed by atoms with Gasteiger partial charge in [-0.15, -0.1) is 0 Å². The summed E-state index contributed by atoms with van der Waals surface area (Å²) in [5, 5.41) is 12.3. The number of ether oxygens (including phenoxy) is 1. The van der Waals surface area contributed by atoms with Crippen molar-refractivity contribution in [1.82, 2.24) is 24.4 Å². The summed E-state index contributed by atoms with van der Waals surface area (Å²) >= 11 is 0. The second-order valence-corrected chi connectivity index (χ2v) is 6.55. The highest BCUT2D eigenvalue weighted by atomic mass is 16.5. The average molecular weight is 338 g/mol. The Bertz CT molecular complexity index is 994. The molecule has 2 aliphatic rings. The monoisotopic (exact) mass is 338 g/mol. The molecule has 8 nitrogen and oxygen atoms in total. The fraction of sp³-hybridized carbons (Fsp3) is 0.412. The number of anilines is 1. The molecule has 0 aromatic carbocycles. The highest BCUT2D eigenvalue weighted by molar-refractivity contribution is 5.67. The van der Waals surface area contributed by atoms with Crippen LogP contribution in [0.1, 0.15) is 23.7 Å². The first kappa shape index (κ1) is 14.6. The number of rotatable bonds is 3. The molecule has 1 fully saturated rings. The lowest BCUT2D eigenvalue weighted by Gasteiger charge is -2.21. The summed E-state index contributed by atoms with van der Waals surface area (Å²) in [6, 6.07) is 3.42. The maximum Gasteiger partial charge on any atom is 0.267 e. The predicted octanol–water partition coefficient (Wildman–Crippen LogP) is 0.827. The summed E-state index contributed by atoms with van der Waals surface area (Å²) < 4.78 is 9.00. The average Bonchev–Trinajstić information content (AvgIpc) is 3.34. The Labute approximate surface area is 143 Å². The molecule has 128 valence electrons. The largest absolute Gasteiger partial charge is 0.377 e. The van der Waals surface area contributed by atoms with Gasteiger partial charge in [0.25, 0.3) is 5.56 Å². The molecule has 8 heteroatoms. The van der Waals surface area contributed by atoms with E-state index in [4.69, 9.17) is 4.74 Å². The Balaban J connectivity index is 1.48. The number of aromatic nitrogens is 5. The Morgan fingerprint density at radius 2 is 2.20 bits per heavy atom. The Kier molecular flexibility index (Phi) is 3.30. The number of hydrogen-bond donors (Lipinski definition) is 1. The van der Waals surface area contributed by atoms with Crippen molar-refractivity contribution in [3.05, 3.63) is 52.3 Å². The van der Waals surface area contributed by atoms with Crippen LogP contribution in [0, 0.1) is 0 Å². The SMILES string of the molecule is O=c1cc2c(nn1C1COCC1Nc1nccn3nccc13)CCC2.